The van der Waals surface area contributed by atoms with Gasteiger partial charge in [0.1, 0.15) is 0 Å². The molecule has 1 aromatic heterocycles. The monoisotopic (exact) mass is 401 g/mol. The van der Waals surface area contributed by atoms with Gasteiger partial charge < -0.3 is 14.7 Å². The van der Waals surface area contributed by atoms with Gasteiger partial charge in [-0.15, -0.1) is 0 Å². The van der Waals surface area contributed by atoms with Gasteiger partial charge in [0.25, 0.3) is 0 Å². The minimum atomic E-state index is -1.58. The number of nitrogens with zero attached hydrogens (tertiary/aromatic N) is 2. The number of hydrogen-bond acceptors (Lipinski definition) is 3. The van der Waals surface area contributed by atoms with Gasteiger partial charge in [-0.3, -0.25) is 0 Å². The third-order valence-corrected chi connectivity index (χ3v) is 5.00. The van der Waals surface area contributed by atoms with Crippen molar-refractivity contribution in [3.63, 3.8) is 0 Å². The first-order valence-electron chi connectivity index (χ1n) is 9.10. The maximum atomic E-state index is 13.4. The summed E-state index contributed by atoms with van der Waals surface area (Å²) >= 11 is 0. The fraction of sp³-hybridized carbons (Fsp3) is 0.238. The molecule has 1 aliphatic heterocycles. The molecule has 0 saturated heterocycles. The fourth-order valence-corrected chi connectivity index (χ4v) is 3.49. The molecule has 1 aliphatic rings. The van der Waals surface area contributed by atoms with Crippen molar-refractivity contribution < 1.29 is 22.5 Å². The van der Waals surface area contributed by atoms with E-state index in [0.717, 1.165) is 34.5 Å². The number of anilines is 1. The number of rotatable bonds is 2. The van der Waals surface area contributed by atoms with Crippen molar-refractivity contribution in [1.29, 1.82) is 0 Å². The van der Waals surface area contributed by atoms with Crippen LogP contribution in [0.3, 0.4) is 0 Å². The number of aromatic nitrogens is 1. The zero-order valence-electron chi connectivity index (χ0n) is 15.8. The van der Waals surface area contributed by atoms with E-state index in [2.05, 4.69) is 10.5 Å². The molecule has 0 fully saturated rings. The van der Waals surface area contributed by atoms with E-state index in [-0.39, 0.29) is 18.3 Å². The average molecular weight is 401 g/mol. The van der Waals surface area contributed by atoms with E-state index in [9.17, 15) is 18.0 Å². The molecule has 1 unspecified atom stereocenters. The highest BCUT2D eigenvalue weighted by atomic mass is 19.2. The van der Waals surface area contributed by atoms with Crippen molar-refractivity contribution in [2.45, 2.75) is 32.9 Å². The van der Waals surface area contributed by atoms with Gasteiger partial charge in [0.05, 0.1) is 12.2 Å². The topological polar surface area (TPSA) is 58.4 Å². The Kier molecular flexibility index (Phi) is 4.77. The zero-order valence-corrected chi connectivity index (χ0v) is 15.8. The van der Waals surface area contributed by atoms with Crippen molar-refractivity contribution in [2.75, 3.05) is 5.32 Å². The Balaban J connectivity index is 1.60. The van der Waals surface area contributed by atoms with E-state index in [4.69, 9.17) is 4.52 Å². The molecule has 29 heavy (non-hydrogen) atoms. The lowest BCUT2D eigenvalue weighted by Crippen LogP contribution is -2.44. The van der Waals surface area contributed by atoms with Crippen LogP contribution in [0.5, 0.6) is 0 Å². The second-order valence-electron chi connectivity index (χ2n) is 7.17. The summed E-state index contributed by atoms with van der Waals surface area (Å²) in [5, 5.41) is 6.58. The number of benzene rings is 2. The summed E-state index contributed by atoms with van der Waals surface area (Å²) in [6, 6.07) is 8.47. The molecule has 8 heteroatoms. The molecule has 1 atom stereocenters. The van der Waals surface area contributed by atoms with Gasteiger partial charge in [0, 0.05) is 41.4 Å². The van der Waals surface area contributed by atoms with Crippen LogP contribution in [0.1, 0.15) is 23.7 Å². The molecular weight excluding hydrogens is 383 g/mol. The summed E-state index contributed by atoms with van der Waals surface area (Å²) in [4.78, 5) is 14.3. The molecule has 0 aliphatic carbocycles. The minimum Gasteiger partial charge on any atom is -0.356 e. The maximum Gasteiger partial charge on any atom is 0.322 e. The lowest BCUT2D eigenvalue weighted by molar-refractivity contribution is 0.182. The molecule has 2 heterocycles. The quantitative estimate of drug-likeness (QED) is 0.612. The number of aryl methyl sites for hydroxylation is 1. The average Bonchev–Trinajstić information content (AvgIpc) is 3.08. The van der Waals surface area contributed by atoms with E-state index in [1.54, 1.807) is 0 Å². The van der Waals surface area contributed by atoms with E-state index < -0.39 is 23.5 Å². The standard InChI is InChI=1S/C21H18F3N3O2/c1-11-4-3-5-13(6-11)20-15-10-27(12(2)7-18(15)26-29-20)21(28)25-14-8-16(22)19(24)17(23)9-14/h3-6,8-9,12H,7,10H2,1-2H3,(H,25,28). The Morgan fingerprint density at radius 1 is 1.21 bits per heavy atom. The maximum absolute atomic E-state index is 13.4. The summed E-state index contributed by atoms with van der Waals surface area (Å²) in [6.45, 7) is 4.03. The van der Waals surface area contributed by atoms with Gasteiger partial charge in [-0.1, -0.05) is 28.9 Å². The van der Waals surface area contributed by atoms with Crippen LogP contribution in [0.4, 0.5) is 23.7 Å². The van der Waals surface area contributed by atoms with Gasteiger partial charge in [-0.05, 0) is 19.9 Å². The van der Waals surface area contributed by atoms with Gasteiger partial charge >= 0.3 is 6.03 Å². The van der Waals surface area contributed by atoms with Crippen LogP contribution in [0.2, 0.25) is 0 Å². The Hall–Kier alpha value is -3.29. The number of fused-ring (bicyclic) bond motifs is 1. The fourth-order valence-electron chi connectivity index (χ4n) is 3.49. The highest BCUT2D eigenvalue weighted by molar-refractivity contribution is 5.90. The Morgan fingerprint density at radius 2 is 1.93 bits per heavy atom. The molecule has 1 N–H and O–H groups in total. The van der Waals surface area contributed by atoms with E-state index in [1.807, 2.05) is 38.1 Å². The van der Waals surface area contributed by atoms with Crippen LogP contribution < -0.4 is 5.32 Å². The second-order valence-corrected chi connectivity index (χ2v) is 7.17. The van der Waals surface area contributed by atoms with E-state index in [0.29, 0.717) is 12.2 Å². The third-order valence-electron chi connectivity index (χ3n) is 5.00. The molecule has 0 radical (unpaired) electrons. The predicted molar refractivity (Wildman–Crippen MR) is 101 cm³/mol. The Bertz CT molecular complexity index is 1070. The molecule has 4 rings (SSSR count). The van der Waals surface area contributed by atoms with Gasteiger partial charge in [0.2, 0.25) is 0 Å². The third kappa shape index (κ3) is 3.57. The van der Waals surface area contributed by atoms with Crippen molar-refractivity contribution in [1.82, 2.24) is 10.1 Å². The molecule has 5 nitrogen and oxygen atoms in total. The highest BCUT2D eigenvalue weighted by Gasteiger charge is 2.32. The zero-order chi connectivity index (χ0) is 20.7. The van der Waals surface area contributed by atoms with E-state index >= 15 is 0 Å². The van der Waals surface area contributed by atoms with Crippen LogP contribution in [-0.2, 0) is 13.0 Å². The van der Waals surface area contributed by atoms with Gasteiger partial charge in [0.15, 0.2) is 23.2 Å². The summed E-state index contributed by atoms with van der Waals surface area (Å²) in [7, 11) is 0. The number of amides is 2. The number of halogens is 3. The first-order valence-corrected chi connectivity index (χ1v) is 9.10. The molecule has 0 saturated carbocycles. The second kappa shape index (κ2) is 7.27. The Morgan fingerprint density at radius 3 is 2.62 bits per heavy atom. The summed E-state index contributed by atoms with van der Waals surface area (Å²) in [5.74, 6) is -3.72. The number of nitrogens with one attached hydrogen (secondary N) is 1. The number of hydrogen-bond donors (Lipinski definition) is 1. The predicted octanol–water partition coefficient (Wildman–Crippen LogP) is 5.05. The molecule has 0 spiro atoms. The van der Waals surface area contributed by atoms with Crippen molar-refractivity contribution in [3.8, 4) is 11.3 Å². The first kappa shape index (κ1) is 19.0. The van der Waals surface area contributed by atoms with Gasteiger partial charge in [-0.2, -0.15) is 0 Å². The van der Waals surface area contributed by atoms with Crippen LogP contribution >= 0.6 is 0 Å². The van der Waals surface area contributed by atoms with Crippen LogP contribution in [0.15, 0.2) is 40.9 Å². The molecule has 3 aromatic rings. The lowest BCUT2D eigenvalue weighted by atomic mass is 9.97. The SMILES string of the molecule is Cc1cccc(-c2onc3c2CN(C(=O)Nc2cc(F)c(F)c(F)c2)C(C)C3)c1. The summed E-state index contributed by atoms with van der Waals surface area (Å²) < 4.78 is 45.6. The first-order chi connectivity index (χ1) is 13.8. The molecule has 0 bridgehead atoms. The van der Waals surface area contributed by atoms with Crippen LogP contribution in [-0.4, -0.2) is 22.1 Å². The number of carbonyl (C=O) groups excluding carboxylic acids is 1. The highest BCUT2D eigenvalue weighted by Crippen LogP contribution is 2.33. The lowest BCUT2D eigenvalue weighted by Gasteiger charge is -2.32. The minimum absolute atomic E-state index is 0.159. The number of carbonyl (C=O) groups is 1. The molecule has 2 aromatic carbocycles. The van der Waals surface area contributed by atoms with Crippen molar-refractivity contribution in [2.24, 2.45) is 0 Å². The number of urea groups is 1. The van der Waals surface area contributed by atoms with E-state index in [1.165, 1.54) is 4.90 Å². The van der Waals surface area contributed by atoms with Gasteiger partial charge in [-0.25, -0.2) is 18.0 Å². The van der Waals surface area contributed by atoms with Crippen LogP contribution in [0.25, 0.3) is 11.3 Å². The summed E-state index contributed by atoms with van der Waals surface area (Å²) in [5.41, 5.74) is 3.33. The Labute approximate surface area is 165 Å². The smallest absolute Gasteiger partial charge is 0.322 e. The van der Waals surface area contributed by atoms with Crippen molar-refractivity contribution in [3.05, 3.63) is 70.7 Å². The molecule has 150 valence electrons. The normalized spacial score (nSPS) is 15.9. The molecule has 2 amide bonds. The molecular formula is C21H18F3N3O2. The summed E-state index contributed by atoms with van der Waals surface area (Å²) in [6.07, 6.45) is 0.476. The van der Waals surface area contributed by atoms with Crippen molar-refractivity contribution >= 4 is 11.7 Å². The van der Waals surface area contributed by atoms with Crippen LogP contribution in [0, 0.1) is 24.4 Å². The largest absolute Gasteiger partial charge is 0.356 e.